The number of aromatic nitrogens is 4. The molecule has 1 fully saturated rings. The van der Waals surface area contributed by atoms with E-state index in [2.05, 4.69) is 50.3 Å². The third-order valence-corrected chi connectivity index (χ3v) is 4.55. The van der Waals surface area contributed by atoms with Crippen molar-refractivity contribution in [1.82, 2.24) is 24.6 Å². The Labute approximate surface area is 142 Å². The van der Waals surface area contributed by atoms with Gasteiger partial charge in [-0.3, -0.25) is 4.90 Å². The maximum absolute atomic E-state index is 4.62. The molecule has 1 aromatic carbocycles. The standard InChI is InChI=1S/C19H21N5/c1-15-21-19(24(22-15)18-9-5-6-11-20-18)14-23-12-10-17(13-23)16-7-3-2-4-8-16/h2-9,11,17H,10,12-14H2,1H3/t17-/m0/s1. The van der Waals surface area contributed by atoms with Crippen LogP contribution in [0.3, 0.4) is 0 Å². The summed E-state index contributed by atoms with van der Waals surface area (Å²) in [5.41, 5.74) is 1.43. The minimum Gasteiger partial charge on any atom is -0.295 e. The molecule has 1 atom stereocenters. The SMILES string of the molecule is Cc1nc(CN2CC[C@H](c3ccccc3)C2)n(-c2ccccn2)n1. The molecule has 5 heteroatoms. The van der Waals surface area contributed by atoms with E-state index in [0.717, 1.165) is 37.1 Å². The first kappa shape index (κ1) is 15.0. The van der Waals surface area contributed by atoms with Gasteiger partial charge in [0.05, 0.1) is 6.54 Å². The van der Waals surface area contributed by atoms with Gasteiger partial charge in [0.1, 0.15) is 11.6 Å². The van der Waals surface area contributed by atoms with Crippen LogP contribution in [0.2, 0.25) is 0 Å². The van der Waals surface area contributed by atoms with Gasteiger partial charge in [-0.15, -0.1) is 5.10 Å². The molecule has 0 radical (unpaired) electrons. The van der Waals surface area contributed by atoms with E-state index < -0.39 is 0 Å². The van der Waals surface area contributed by atoms with Gasteiger partial charge in [-0.2, -0.15) is 4.68 Å². The zero-order chi connectivity index (χ0) is 16.4. The Morgan fingerprint density at radius 2 is 1.92 bits per heavy atom. The van der Waals surface area contributed by atoms with Crippen LogP contribution in [0.5, 0.6) is 0 Å². The molecule has 0 aliphatic carbocycles. The summed E-state index contributed by atoms with van der Waals surface area (Å²) >= 11 is 0. The quantitative estimate of drug-likeness (QED) is 0.742. The van der Waals surface area contributed by atoms with Crippen LogP contribution in [0, 0.1) is 6.92 Å². The summed E-state index contributed by atoms with van der Waals surface area (Å²) in [6.07, 6.45) is 2.98. The lowest BCUT2D eigenvalue weighted by Gasteiger charge is -2.16. The summed E-state index contributed by atoms with van der Waals surface area (Å²) in [5, 5.41) is 4.52. The second-order valence-corrected chi connectivity index (χ2v) is 6.31. The van der Waals surface area contributed by atoms with Crippen molar-refractivity contribution in [2.24, 2.45) is 0 Å². The molecule has 0 amide bonds. The number of hydrogen-bond acceptors (Lipinski definition) is 4. The highest BCUT2D eigenvalue weighted by atomic mass is 15.4. The minimum atomic E-state index is 0.610. The van der Waals surface area contributed by atoms with Gasteiger partial charge in [-0.25, -0.2) is 9.97 Å². The van der Waals surface area contributed by atoms with Crippen LogP contribution in [0.1, 0.15) is 29.6 Å². The minimum absolute atomic E-state index is 0.610. The Morgan fingerprint density at radius 1 is 1.08 bits per heavy atom. The molecule has 2 aromatic heterocycles. The van der Waals surface area contributed by atoms with Crippen molar-refractivity contribution in [3.63, 3.8) is 0 Å². The summed E-state index contributed by atoms with van der Waals surface area (Å²) in [7, 11) is 0. The highest BCUT2D eigenvalue weighted by Gasteiger charge is 2.25. The van der Waals surface area contributed by atoms with E-state index in [4.69, 9.17) is 0 Å². The first-order valence-electron chi connectivity index (χ1n) is 8.41. The van der Waals surface area contributed by atoms with Gasteiger partial charge in [0.15, 0.2) is 5.82 Å². The molecule has 122 valence electrons. The molecule has 1 saturated heterocycles. The number of pyridine rings is 1. The van der Waals surface area contributed by atoms with Crippen LogP contribution in [0.4, 0.5) is 0 Å². The monoisotopic (exact) mass is 319 g/mol. The lowest BCUT2D eigenvalue weighted by molar-refractivity contribution is 0.315. The number of rotatable bonds is 4. The predicted octanol–water partition coefficient (Wildman–Crippen LogP) is 2.96. The number of aryl methyl sites for hydroxylation is 1. The van der Waals surface area contributed by atoms with Crippen molar-refractivity contribution < 1.29 is 0 Å². The van der Waals surface area contributed by atoms with Crippen LogP contribution in [-0.2, 0) is 6.54 Å². The van der Waals surface area contributed by atoms with Crippen molar-refractivity contribution >= 4 is 0 Å². The Kier molecular flexibility index (Phi) is 4.09. The Morgan fingerprint density at radius 3 is 2.71 bits per heavy atom. The van der Waals surface area contributed by atoms with Gasteiger partial charge in [-0.1, -0.05) is 36.4 Å². The first-order chi connectivity index (χ1) is 11.8. The molecule has 0 saturated carbocycles. The van der Waals surface area contributed by atoms with E-state index in [0.29, 0.717) is 5.92 Å². The highest BCUT2D eigenvalue weighted by Crippen LogP contribution is 2.27. The molecule has 0 spiro atoms. The van der Waals surface area contributed by atoms with Crippen molar-refractivity contribution in [2.75, 3.05) is 13.1 Å². The molecule has 1 aliphatic rings. The van der Waals surface area contributed by atoms with Crippen LogP contribution >= 0.6 is 0 Å². The number of likely N-dealkylation sites (tertiary alicyclic amines) is 1. The van der Waals surface area contributed by atoms with E-state index in [9.17, 15) is 0 Å². The molecule has 3 aromatic rings. The van der Waals surface area contributed by atoms with Crippen molar-refractivity contribution in [3.05, 3.63) is 71.9 Å². The molecule has 4 rings (SSSR count). The number of benzene rings is 1. The smallest absolute Gasteiger partial charge is 0.155 e. The van der Waals surface area contributed by atoms with Crippen LogP contribution in [0.25, 0.3) is 5.82 Å². The fraction of sp³-hybridized carbons (Fsp3) is 0.316. The zero-order valence-corrected chi connectivity index (χ0v) is 13.8. The highest BCUT2D eigenvalue weighted by molar-refractivity contribution is 5.23. The van der Waals surface area contributed by atoms with Crippen LogP contribution in [0.15, 0.2) is 54.7 Å². The molecule has 1 aliphatic heterocycles. The maximum Gasteiger partial charge on any atom is 0.155 e. The molecule has 0 unspecified atom stereocenters. The molecule has 0 bridgehead atoms. The summed E-state index contributed by atoms with van der Waals surface area (Å²) in [5.74, 6) is 3.18. The normalized spacial score (nSPS) is 18.1. The topological polar surface area (TPSA) is 46.8 Å². The van der Waals surface area contributed by atoms with Gasteiger partial charge in [-0.05, 0) is 43.5 Å². The predicted molar refractivity (Wildman–Crippen MR) is 93.0 cm³/mol. The van der Waals surface area contributed by atoms with Crippen LogP contribution < -0.4 is 0 Å². The summed E-state index contributed by atoms with van der Waals surface area (Å²) in [6, 6.07) is 16.6. The largest absolute Gasteiger partial charge is 0.295 e. The van der Waals surface area contributed by atoms with Crippen molar-refractivity contribution in [1.29, 1.82) is 0 Å². The van der Waals surface area contributed by atoms with Gasteiger partial charge in [0.25, 0.3) is 0 Å². The lowest BCUT2D eigenvalue weighted by atomic mass is 9.99. The van der Waals surface area contributed by atoms with E-state index in [1.807, 2.05) is 29.8 Å². The molecule has 0 N–H and O–H groups in total. The molecular weight excluding hydrogens is 298 g/mol. The van der Waals surface area contributed by atoms with Gasteiger partial charge in [0.2, 0.25) is 0 Å². The Balaban J connectivity index is 1.51. The van der Waals surface area contributed by atoms with Crippen LogP contribution in [-0.4, -0.2) is 37.7 Å². The van der Waals surface area contributed by atoms with E-state index >= 15 is 0 Å². The second kappa shape index (κ2) is 6.53. The van der Waals surface area contributed by atoms with Gasteiger partial charge in [0, 0.05) is 12.7 Å². The van der Waals surface area contributed by atoms with Crippen molar-refractivity contribution in [3.8, 4) is 5.82 Å². The van der Waals surface area contributed by atoms with E-state index in [1.165, 1.54) is 12.0 Å². The average molecular weight is 319 g/mol. The second-order valence-electron chi connectivity index (χ2n) is 6.31. The fourth-order valence-electron chi connectivity index (χ4n) is 3.40. The number of nitrogens with zero attached hydrogens (tertiary/aromatic N) is 5. The van der Waals surface area contributed by atoms with Gasteiger partial charge >= 0.3 is 0 Å². The first-order valence-corrected chi connectivity index (χ1v) is 8.41. The summed E-state index contributed by atoms with van der Waals surface area (Å²) in [4.78, 5) is 11.5. The summed E-state index contributed by atoms with van der Waals surface area (Å²) in [6.45, 7) is 4.90. The molecule has 5 nitrogen and oxygen atoms in total. The van der Waals surface area contributed by atoms with Crippen molar-refractivity contribution in [2.45, 2.75) is 25.8 Å². The summed E-state index contributed by atoms with van der Waals surface area (Å²) < 4.78 is 1.87. The fourth-order valence-corrected chi connectivity index (χ4v) is 3.40. The van der Waals surface area contributed by atoms with E-state index in [1.54, 1.807) is 6.20 Å². The third-order valence-electron chi connectivity index (χ3n) is 4.55. The molecular formula is C19H21N5. The zero-order valence-electron chi connectivity index (χ0n) is 13.8. The Hall–Kier alpha value is -2.53. The number of hydrogen-bond donors (Lipinski definition) is 0. The molecule has 24 heavy (non-hydrogen) atoms. The lowest BCUT2D eigenvalue weighted by Crippen LogP contribution is -2.22. The maximum atomic E-state index is 4.62. The Bertz CT molecular complexity index is 797. The molecule has 3 heterocycles. The average Bonchev–Trinajstić information content (AvgIpc) is 3.23. The van der Waals surface area contributed by atoms with Gasteiger partial charge < -0.3 is 0 Å². The van der Waals surface area contributed by atoms with E-state index in [-0.39, 0.29) is 0 Å². The third kappa shape index (κ3) is 3.08.